The summed E-state index contributed by atoms with van der Waals surface area (Å²) in [5.74, 6) is 1.57. The average molecular weight is 387 g/mol. The number of fused-ring (bicyclic) bond motifs is 3. The molecule has 0 amide bonds. The minimum absolute atomic E-state index is 0.0444. The summed E-state index contributed by atoms with van der Waals surface area (Å²) >= 11 is 0. The Morgan fingerprint density at radius 3 is 2.79 bits per heavy atom. The molecule has 2 aromatic carbocycles. The van der Waals surface area contributed by atoms with Gasteiger partial charge in [-0.3, -0.25) is 10.1 Å². The first-order chi connectivity index (χ1) is 14.2. The molecule has 0 aliphatic rings. The van der Waals surface area contributed by atoms with Crippen LogP contribution in [0.2, 0.25) is 0 Å². The molecule has 5 rings (SSSR count). The number of hydrogen-bond acceptors (Lipinski definition) is 7. The number of nitro benzene ring substituents is 1. The van der Waals surface area contributed by atoms with Crippen molar-refractivity contribution in [2.24, 2.45) is 0 Å². The van der Waals surface area contributed by atoms with Gasteiger partial charge in [0.15, 0.2) is 17.2 Å². The Hall–Kier alpha value is -4.27. The standard InChI is InChI=1S/C20H13N5O4/c26-25(27)16-7-3-4-8-17(16)28-11-13-9-10-18(29-13)19-22-20-14-5-1-2-6-15(14)21-12-24(20)23-19/h1-10,12H,11H2. The first-order valence-corrected chi connectivity index (χ1v) is 8.74. The minimum Gasteiger partial charge on any atom is -0.479 e. The van der Waals surface area contributed by atoms with E-state index in [0.29, 0.717) is 23.0 Å². The number of furan rings is 1. The zero-order valence-corrected chi connectivity index (χ0v) is 14.9. The molecule has 0 saturated heterocycles. The molecule has 0 unspecified atom stereocenters. The van der Waals surface area contributed by atoms with Crippen molar-refractivity contribution in [1.29, 1.82) is 0 Å². The quantitative estimate of drug-likeness (QED) is 0.331. The maximum Gasteiger partial charge on any atom is 0.310 e. The zero-order valence-electron chi connectivity index (χ0n) is 14.9. The second kappa shape index (κ2) is 6.71. The predicted molar refractivity (Wildman–Crippen MR) is 103 cm³/mol. The number of rotatable bonds is 5. The van der Waals surface area contributed by atoms with Gasteiger partial charge in [0.05, 0.1) is 10.4 Å². The molecule has 3 aromatic heterocycles. The van der Waals surface area contributed by atoms with Gasteiger partial charge in [-0.1, -0.05) is 24.3 Å². The summed E-state index contributed by atoms with van der Waals surface area (Å²) in [5, 5.41) is 16.4. The van der Waals surface area contributed by atoms with Gasteiger partial charge in [0.25, 0.3) is 0 Å². The lowest BCUT2D eigenvalue weighted by Crippen LogP contribution is -1.97. The number of ether oxygens (including phenoxy) is 1. The highest BCUT2D eigenvalue weighted by atomic mass is 16.6. The van der Waals surface area contributed by atoms with Crippen molar-refractivity contribution in [3.63, 3.8) is 0 Å². The molecule has 3 heterocycles. The van der Waals surface area contributed by atoms with Crippen LogP contribution in [0.4, 0.5) is 5.69 Å². The van der Waals surface area contributed by atoms with Gasteiger partial charge in [0.1, 0.15) is 18.7 Å². The highest BCUT2D eigenvalue weighted by molar-refractivity contribution is 5.91. The van der Waals surface area contributed by atoms with Gasteiger partial charge in [-0.05, 0) is 30.3 Å². The molecule has 9 nitrogen and oxygen atoms in total. The van der Waals surface area contributed by atoms with E-state index in [1.165, 1.54) is 6.07 Å². The fraction of sp³-hybridized carbons (Fsp3) is 0.0500. The van der Waals surface area contributed by atoms with Crippen LogP contribution in [0.5, 0.6) is 5.75 Å². The number of nitro groups is 1. The van der Waals surface area contributed by atoms with E-state index >= 15 is 0 Å². The summed E-state index contributed by atoms with van der Waals surface area (Å²) in [6, 6.07) is 17.3. The Bertz CT molecular complexity index is 1360. The van der Waals surface area contributed by atoms with Crippen LogP contribution in [0, 0.1) is 10.1 Å². The number of nitrogens with zero attached hydrogens (tertiary/aromatic N) is 5. The second-order valence-corrected chi connectivity index (χ2v) is 6.24. The monoisotopic (exact) mass is 387 g/mol. The molecule has 0 saturated carbocycles. The van der Waals surface area contributed by atoms with E-state index in [0.717, 1.165) is 10.9 Å². The van der Waals surface area contributed by atoms with Gasteiger partial charge in [-0.25, -0.2) is 14.5 Å². The molecule has 142 valence electrons. The van der Waals surface area contributed by atoms with Crippen LogP contribution in [0.3, 0.4) is 0 Å². The first-order valence-electron chi connectivity index (χ1n) is 8.74. The summed E-state index contributed by atoms with van der Waals surface area (Å²) in [4.78, 5) is 19.5. The maximum absolute atomic E-state index is 11.1. The van der Waals surface area contributed by atoms with Gasteiger partial charge in [-0.15, -0.1) is 5.10 Å². The Labute approximate surface area is 163 Å². The smallest absolute Gasteiger partial charge is 0.310 e. The Kier molecular flexibility index (Phi) is 3.91. The second-order valence-electron chi connectivity index (χ2n) is 6.24. The molecular formula is C20H13N5O4. The number of hydrogen-bond donors (Lipinski definition) is 0. The Balaban J connectivity index is 1.42. The molecule has 0 radical (unpaired) electrons. The van der Waals surface area contributed by atoms with Crippen LogP contribution in [-0.2, 0) is 6.61 Å². The fourth-order valence-electron chi connectivity index (χ4n) is 3.04. The van der Waals surface area contributed by atoms with E-state index in [1.807, 2.05) is 24.3 Å². The summed E-state index contributed by atoms with van der Waals surface area (Å²) in [6.07, 6.45) is 1.61. The van der Waals surface area contributed by atoms with Gasteiger partial charge >= 0.3 is 5.69 Å². The largest absolute Gasteiger partial charge is 0.479 e. The highest BCUT2D eigenvalue weighted by Crippen LogP contribution is 2.28. The van der Waals surface area contributed by atoms with E-state index < -0.39 is 4.92 Å². The lowest BCUT2D eigenvalue weighted by Gasteiger charge is -2.04. The lowest BCUT2D eigenvalue weighted by molar-refractivity contribution is -0.386. The highest BCUT2D eigenvalue weighted by Gasteiger charge is 2.16. The van der Waals surface area contributed by atoms with Crippen molar-refractivity contribution in [2.75, 3.05) is 0 Å². The van der Waals surface area contributed by atoms with Crippen molar-refractivity contribution in [3.8, 4) is 17.3 Å². The topological polar surface area (TPSA) is 109 Å². The first kappa shape index (κ1) is 16.9. The number of para-hydroxylation sites is 3. The Morgan fingerprint density at radius 1 is 1.07 bits per heavy atom. The van der Waals surface area contributed by atoms with Crippen LogP contribution in [0.1, 0.15) is 5.76 Å². The summed E-state index contributed by atoms with van der Waals surface area (Å²) in [6.45, 7) is 0.0444. The predicted octanol–water partition coefficient (Wildman–Crippen LogP) is 4.02. The molecule has 0 bridgehead atoms. The van der Waals surface area contributed by atoms with Crippen molar-refractivity contribution in [1.82, 2.24) is 19.6 Å². The van der Waals surface area contributed by atoms with Crippen LogP contribution in [-0.4, -0.2) is 24.5 Å². The van der Waals surface area contributed by atoms with Gasteiger partial charge in [0.2, 0.25) is 5.82 Å². The minimum atomic E-state index is -0.484. The third kappa shape index (κ3) is 3.04. The SMILES string of the molecule is O=[N+]([O-])c1ccccc1OCc1ccc(-c2nc3c4ccccc4ncn3n2)o1. The summed E-state index contributed by atoms with van der Waals surface area (Å²) in [5.41, 5.74) is 1.41. The molecule has 0 aliphatic heterocycles. The van der Waals surface area contributed by atoms with Gasteiger partial charge in [0, 0.05) is 11.5 Å². The van der Waals surface area contributed by atoms with Crippen molar-refractivity contribution in [3.05, 3.63) is 82.9 Å². The number of benzene rings is 2. The lowest BCUT2D eigenvalue weighted by atomic mass is 10.2. The number of aromatic nitrogens is 4. The van der Waals surface area contributed by atoms with Crippen molar-refractivity contribution < 1.29 is 14.1 Å². The van der Waals surface area contributed by atoms with E-state index in [1.54, 1.807) is 41.2 Å². The van der Waals surface area contributed by atoms with E-state index in [4.69, 9.17) is 9.15 Å². The third-order valence-corrected chi connectivity index (χ3v) is 4.40. The molecule has 0 aliphatic carbocycles. The van der Waals surface area contributed by atoms with Crippen LogP contribution in [0.25, 0.3) is 28.1 Å². The van der Waals surface area contributed by atoms with Gasteiger partial charge < -0.3 is 9.15 Å². The molecule has 0 N–H and O–H groups in total. The van der Waals surface area contributed by atoms with Crippen LogP contribution in [0.15, 0.2) is 71.4 Å². The maximum atomic E-state index is 11.1. The molecule has 29 heavy (non-hydrogen) atoms. The molecule has 0 atom stereocenters. The van der Waals surface area contributed by atoms with E-state index in [-0.39, 0.29) is 18.0 Å². The third-order valence-electron chi connectivity index (χ3n) is 4.40. The van der Waals surface area contributed by atoms with Crippen LogP contribution >= 0.6 is 0 Å². The van der Waals surface area contributed by atoms with Crippen LogP contribution < -0.4 is 4.74 Å². The normalized spacial score (nSPS) is 11.2. The molecule has 0 fully saturated rings. The van der Waals surface area contributed by atoms with Gasteiger partial charge in [-0.2, -0.15) is 0 Å². The fourth-order valence-corrected chi connectivity index (χ4v) is 3.04. The molecule has 5 aromatic rings. The van der Waals surface area contributed by atoms with E-state index in [9.17, 15) is 10.1 Å². The molecule has 9 heteroatoms. The Morgan fingerprint density at radius 2 is 1.90 bits per heavy atom. The summed E-state index contributed by atoms with van der Waals surface area (Å²) < 4.78 is 12.9. The molecule has 0 spiro atoms. The molecular weight excluding hydrogens is 374 g/mol. The van der Waals surface area contributed by atoms with Crippen molar-refractivity contribution >= 4 is 22.2 Å². The van der Waals surface area contributed by atoms with Crippen molar-refractivity contribution in [2.45, 2.75) is 6.61 Å². The van der Waals surface area contributed by atoms with E-state index in [2.05, 4.69) is 15.1 Å². The summed E-state index contributed by atoms with van der Waals surface area (Å²) in [7, 11) is 0. The zero-order chi connectivity index (χ0) is 19.8. The average Bonchev–Trinajstić information content (AvgIpc) is 3.39.